The van der Waals surface area contributed by atoms with Gasteiger partial charge in [-0.05, 0) is 106 Å². The number of imidazole rings is 1. The second kappa shape index (κ2) is 20.4. The first-order valence-corrected chi connectivity index (χ1v) is 28.3. The third kappa shape index (κ3) is 10.6. The van der Waals surface area contributed by atoms with Crippen LogP contribution in [-0.2, 0) is 32.9 Å². The number of aromatic nitrogens is 5. The maximum absolute atomic E-state index is 6.63. The standard InChI is InChI=1S/C41H41N4O.C20H26NSi.Ir/c1-24(2)33-21-28(27-13-10-9-11-14-27)22-34(25(3)4)37(33)45-36-26(5)42-20-19-35(36)44-39(45)32-16-12-15-30-31-18-17-29(23-41(6,7)8)43-40(31)46-38(30)32;1-22(2,3)20-15-21-19(17-11-5-4-6-12-17)14-18(20)13-16-9-7-8-10-16;/h9-15,17-22,24-25H,23H2,1-8H3;4-6,11,14-16H,7-10,13H2,1-3H3;/q2*-1;. The van der Waals surface area contributed by atoms with Gasteiger partial charge in [0.1, 0.15) is 0 Å². The van der Waals surface area contributed by atoms with Crippen molar-refractivity contribution in [1.29, 1.82) is 0 Å². The Morgan fingerprint density at radius 2 is 1.48 bits per heavy atom. The molecule has 4 aromatic carbocycles. The Morgan fingerprint density at radius 3 is 2.13 bits per heavy atom. The molecular weight excluding hydrogens is 1040 g/mol. The molecule has 8 heteroatoms. The van der Waals surface area contributed by atoms with Crippen LogP contribution in [0.1, 0.15) is 114 Å². The van der Waals surface area contributed by atoms with Gasteiger partial charge in [-0.1, -0.05) is 147 Å². The summed E-state index contributed by atoms with van der Waals surface area (Å²) in [5, 5.41) is 3.56. The molecule has 5 aromatic heterocycles. The average molecular weight is 1110 g/mol. The number of pyridine rings is 3. The van der Waals surface area contributed by atoms with Crippen LogP contribution in [0.3, 0.4) is 0 Å². The van der Waals surface area contributed by atoms with Crippen LogP contribution in [0.15, 0.2) is 120 Å². The van der Waals surface area contributed by atoms with Crippen molar-refractivity contribution < 1.29 is 24.5 Å². The smallest absolute Gasteiger partial charge is 0.216 e. The molecule has 0 unspecified atom stereocenters. The van der Waals surface area contributed by atoms with E-state index >= 15 is 0 Å². The second-order valence-corrected chi connectivity index (χ2v) is 27.0. The van der Waals surface area contributed by atoms with Gasteiger partial charge in [0, 0.05) is 49.3 Å². The largest absolute Gasteiger partial charge is 0.486 e. The van der Waals surface area contributed by atoms with Crippen LogP contribution in [-0.4, -0.2) is 32.6 Å². The van der Waals surface area contributed by atoms with Gasteiger partial charge in [-0.2, -0.15) is 0 Å². The molecule has 1 saturated carbocycles. The fraction of sp³-hybridized carbons (Fsp3) is 0.344. The van der Waals surface area contributed by atoms with Crippen LogP contribution in [0.4, 0.5) is 0 Å². The third-order valence-corrected chi connectivity index (χ3v) is 15.6. The zero-order valence-corrected chi connectivity index (χ0v) is 45.8. The molecule has 1 radical (unpaired) electrons. The molecule has 6 nitrogen and oxygen atoms in total. The molecule has 0 atom stereocenters. The van der Waals surface area contributed by atoms with Gasteiger partial charge in [-0.15, -0.1) is 54.1 Å². The zero-order valence-electron chi connectivity index (χ0n) is 42.4. The minimum absolute atomic E-state index is 0. The van der Waals surface area contributed by atoms with E-state index in [9.17, 15) is 0 Å². The number of hydrogen-bond donors (Lipinski definition) is 0. The van der Waals surface area contributed by atoms with Crippen LogP contribution in [0, 0.1) is 30.4 Å². The summed E-state index contributed by atoms with van der Waals surface area (Å²) in [5.74, 6) is 2.19. The summed E-state index contributed by atoms with van der Waals surface area (Å²) in [6.07, 6.45) is 11.7. The summed E-state index contributed by atoms with van der Waals surface area (Å²) < 4.78 is 8.96. The van der Waals surface area contributed by atoms with Crippen LogP contribution in [0.25, 0.3) is 72.6 Å². The number of furan rings is 1. The van der Waals surface area contributed by atoms with Gasteiger partial charge in [-0.3, -0.25) is 9.97 Å². The first-order chi connectivity index (χ1) is 32.5. The van der Waals surface area contributed by atoms with Gasteiger partial charge < -0.3 is 14.0 Å². The molecular formula is C61H67IrN5OSi-2. The third-order valence-electron chi connectivity index (χ3n) is 13.5. The number of rotatable bonds is 10. The van der Waals surface area contributed by atoms with Gasteiger partial charge in [0.05, 0.1) is 36.2 Å². The minimum Gasteiger partial charge on any atom is -0.486 e. The fourth-order valence-electron chi connectivity index (χ4n) is 10.2. The average Bonchev–Trinajstić information content (AvgIpc) is 4.06. The first kappa shape index (κ1) is 49.9. The molecule has 0 bridgehead atoms. The van der Waals surface area contributed by atoms with Crippen LogP contribution in [0.5, 0.6) is 0 Å². The Hall–Kier alpha value is -5.53. The minimum atomic E-state index is -1.35. The topological polar surface area (TPSA) is 69.6 Å². The van der Waals surface area contributed by atoms with Gasteiger partial charge in [-0.25, -0.2) is 4.98 Å². The molecule has 1 fully saturated rings. The SMILES string of the molecule is C[Si](C)(C)c1cnc(-c2[c-]cccc2)cc1CC1CCCC1.Cc1nccc2nc(-c3[c-]ccc4c3oc3nc(CC(C)(C)C)ccc34)n(-c3c(C(C)C)cc(-c4ccccc4)cc3C(C)C)c12.[Ir]. The van der Waals surface area contributed by atoms with E-state index in [1.807, 2.05) is 30.5 Å². The molecule has 5 heterocycles. The Kier molecular flexibility index (Phi) is 14.8. The molecule has 1 aliphatic rings. The van der Waals surface area contributed by atoms with Crippen molar-refractivity contribution in [3.8, 4) is 39.5 Å². The maximum Gasteiger partial charge on any atom is 0.216 e. The molecule has 0 N–H and O–H groups in total. The molecule has 9 aromatic rings. The normalized spacial score (nSPS) is 13.4. The maximum atomic E-state index is 6.63. The molecule has 69 heavy (non-hydrogen) atoms. The monoisotopic (exact) mass is 1110 g/mol. The van der Waals surface area contributed by atoms with Crippen molar-refractivity contribution in [1.82, 2.24) is 24.5 Å². The number of aryl methyl sites for hydroxylation is 1. The van der Waals surface area contributed by atoms with Gasteiger partial charge in [0.25, 0.3) is 0 Å². The van der Waals surface area contributed by atoms with Crippen molar-refractivity contribution in [2.24, 2.45) is 11.3 Å². The summed E-state index contributed by atoms with van der Waals surface area (Å²) in [4.78, 5) is 19.8. The van der Waals surface area contributed by atoms with E-state index in [1.54, 1.807) is 10.8 Å². The molecule has 1 aliphatic carbocycles. The second-order valence-electron chi connectivity index (χ2n) is 21.9. The van der Waals surface area contributed by atoms with Crippen molar-refractivity contribution >= 4 is 46.4 Å². The quantitative estimate of drug-likeness (QED) is 0.101. The summed E-state index contributed by atoms with van der Waals surface area (Å²) in [6, 6.07) is 43.1. The van der Waals surface area contributed by atoms with Crippen molar-refractivity contribution in [3.63, 3.8) is 0 Å². The van der Waals surface area contributed by atoms with Gasteiger partial charge >= 0.3 is 0 Å². The molecule has 0 amide bonds. The van der Waals surface area contributed by atoms with Crippen LogP contribution < -0.4 is 5.19 Å². The van der Waals surface area contributed by atoms with Crippen LogP contribution in [0.2, 0.25) is 19.6 Å². The van der Waals surface area contributed by atoms with E-state index in [2.05, 4.69) is 177 Å². The molecule has 0 saturated heterocycles. The summed E-state index contributed by atoms with van der Waals surface area (Å²) in [7, 11) is -1.35. The number of fused-ring (bicyclic) bond motifs is 4. The fourth-order valence-corrected chi connectivity index (χ4v) is 11.8. The Morgan fingerprint density at radius 1 is 0.768 bits per heavy atom. The molecule has 0 spiro atoms. The molecule has 10 rings (SSSR count). The van der Waals surface area contributed by atoms with E-state index in [0.29, 0.717) is 5.71 Å². The number of nitrogens with zero attached hydrogens (tertiary/aromatic N) is 5. The van der Waals surface area contributed by atoms with Gasteiger partial charge in [0.15, 0.2) is 0 Å². The van der Waals surface area contributed by atoms with E-state index in [4.69, 9.17) is 24.4 Å². The first-order valence-electron chi connectivity index (χ1n) is 24.8. The van der Waals surface area contributed by atoms with Crippen molar-refractivity contribution in [3.05, 3.63) is 156 Å². The van der Waals surface area contributed by atoms with Crippen molar-refractivity contribution in [2.45, 2.75) is 125 Å². The van der Waals surface area contributed by atoms with E-state index in [1.165, 1.54) is 54.4 Å². The van der Waals surface area contributed by atoms with E-state index < -0.39 is 8.07 Å². The van der Waals surface area contributed by atoms with E-state index in [-0.39, 0.29) is 37.4 Å². The molecule has 357 valence electrons. The molecule has 0 aliphatic heterocycles. The predicted octanol–water partition coefficient (Wildman–Crippen LogP) is 15.8. The number of hydrogen-bond acceptors (Lipinski definition) is 5. The Labute approximate surface area is 424 Å². The summed E-state index contributed by atoms with van der Waals surface area (Å²) in [5.41, 5.74) is 16.1. The Bertz CT molecular complexity index is 3190. The number of benzene rings is 4. The zero-order chi connectivity index (χ0) is 47.9. The van der Waals surface area contributed by atoms with Crippen molar-refractivity contribution in [2.75, 3.05) is 0 Å². The summed E-state index contributed by atoms with van der Waals surface area (Å²) in [6.45, 7) is 25.1. The van der Waals surface area contributed by atoms with Gasteiger partial charge in [0.2, 0.25) is 5.71 Å². The summed E-state index contributed by atoms with van der Waals surface area (Å²) >= 11 is 0. The van der Waals surface area contributed by atoms with E-state index in [0.717, 1.165) is 79.4 Å². The Balaban J connectivity index is 0.000000234. The van der Waals surface area contributed by atoms with Crippen LogP contribution >= 0.6 is 0 Å². The predicted molar refractivity (Wildman–Crippen MR) is 287 cm³/mol.